The number of rotatable bonds is 5. The SMILES string of the molecule is CN(CCS(N)(=O)=O)Cc1cc(Cl)cc2ccccc12. The Kier molecular flexibility index (Phi) is 4.65. The van der Waals surface area contributed by atoms with Crippen molar-refractivity contribution in [3.05, 3.63) is 47.0 Å². The van der Waals surface area contributed by atoms with Crippen LogP contribution in [0.25, 0.3) is 10.8 Å². The third kappa shape index (κ3) is 4.18. The van der Waals surface area contributed by atoms with Gasteiger partial charge in [-0.3, -0.25) is 0 Å². The van der Waals surface area contributed by atoms with Crippen molar-refractivity contribution in [3.63, 3.8) is 0 Å². The lowest BCUT2D eigenvalue weighted by Crippen LogP contribution is -2.28. The summed E-state index contributed by atoms with van der Waals surface area (Å²) in [5.74, 6) is -0.0536. The molecule has 0 aromatic heterocycles. The van der Waals surface area contributed by atoms with E-state index in [9.17, 15) is 8.42 Å². The standard InChI is InChI=1S/C14H17ClN2O2S/c1-17(6-7-20(16,18)19)10-12-9-13(15)8-11-4-2-3-5-14(11)12/h2-5,8-9H,6-7,10H2,1H3,(H2,16,18,19). The van der Waals surface area contributed by atoms with Crippen LogP contribution < -0.4 is 5.14 Å². The van der Waals surface area contributed by atoms with E-state index in [1.54, 1.807) is 0 Å². The van der Waals surface area contributed by atoms with E-state index in [1.165, 1.54) is 0 Å². The average molecular weight is 313 g/mol. The number of fused-ring (bicyclic) bond motifs is 1. The van der Waals surface area contributed by atoms with E-state index >= 15 is 0 Å². The maximum atomic E-state index is 11.0. The minimum absolute atomic E-state index is 0.0536. The predicted octanol–water partition coefficient (Wildman–Crippen LogP) is 2.21. The summed E-state index contributed by atoms with van der Waals surface area (Å²) in [6.07, 6.45) is 0. The van der Waals surface area contributed by atoms with E-state index in [2.05, 4.69) is 0 Å². The summed E-state index contributed by atoms with van der Waals surface area (Å²) in [4.78, 5) is 1.92. The molecule has 4 nitrogen and oxygen atoms in total. The Hall–Kier alpha value is -1.14. The van der Waals surface area contributed by atoms with Gasteiger partial charge in [-0.2, -0.15) is 0 Å². The first-order valence-corrected chi connectivity index (χ1v) is 8.31. The second-order valence-corrected chi connectivity index (χ2v) is 7.06. The number of nitrogens with zero attached hydrogens (tertiary/aromatic N) is 1. The van der Waals surface area contributed by atoms with Gasteiger partial charge in [-0.15, -0.1) is 0 Å². The van der Waals surface area contributed by atoms with Crippen molar-refractivity contribution in [2.24, 2.45) is 5.14 Å². The summed E-state index contributed by atoms with van der Waals surface area (Å²) in [6.45, 7) is 1.01. The molecule has 0 saturated heterocycles. The van der Waals surface area contributed by atoms with Crippen molar-refractivity contribution in [3.8, 4) is 0 Å². The zero-order valence-corrected chi connectivity index (χ0v) is 12.8. The second kappa shape index (κ2) is 6.10. The lowest BCUT2D eigenvalue weighted by molar-refractivity contribution is 0.347. The van der Waals surface area contributed by atoms with Gasteiger partial charge in [-0.25, -0.2) is 13.6 Å². The molecule has 0 heterocycles. The van der Waals surface area contributed by atoms with Gasteiger partial charge in [0.2, 0.25) is 10.0 Å². The number of benzene rings is 2. The highest BCUT2D eigenvalue weighted by molar-refractivity contribution is 7.89. The minimum Gasteiger partial charge on any atom is -0.301 e. The van der Waals surface area contributed by atoms with E-state index in [4.69, 9.17) is 16.7 Å². The molecule has 0 bridgehead atoms. The van der Waals surface area contributed by atoms with E-state index in [1.807, 2.05) is 48.3 Å². The average Bonchev–Trinajstić information content (AvgIpc) is 2.35. The van der Waals surface area contributed by atoms with Gasteiger partial charge in [0.15, 0.2) is 0 Å². The highest BCUT2D eigenvalue weighted by atomic mass is 35.5. The minimum atomic E-state index is -3.43. The maximum Gasteiger partial charge on any atom is 0.210 e. The van der Waals surface area contributed by atoms with Gasteiger partial charge in [-0.1, -0.05) is 35.9 Å². The summed E-state index contributed by atoms with van der Waals surface area (Å²) in [5.41, 5.74) is 1.07. The van der Waals surface area contributed by atoms with Crippen LogP contribution in [0.3, 0.4) is 0 Å². The topological polar surface area (TPSA) is 63.4 Å². The Morgan fingerprint density at radius 2 is 1.95 bits per heavy atom. The summed E-state index contributed by atoms with van der Waals surface area (Å²) < 4.78 is 22.0. The van der Waals surface area contributed by atoms with Crippen molar-refractivity contribution >= 4 is 32.4 Å². The third-order valence-electron chi connectivity index (χ3n) is 3.11. The molecule has 0 aliphatic heterocycles. The summed E-state index contributed by atoms with van der Waals surface area (Å²) in [6, 6.07) is 11.8. The predicted molar refractivity (Wildman–Crippen MR) is 83.3 cm³/mol. The molecule has 0 amide bonds. The first-order valence-electron chi connectivity index (χ1n) is 6.21. The molecule has 2 aromatic carbocycles. The molecule has 0 aliphatic rings. The van der Waals surface area contributed by atoms with Crippen LogP contribution in [0.1, 0.15) is 5.56 Å². The molecule has 2 N–H and O–H groups in total. The van der Waals surface area contributed by atoms with Gasteiger partial charge in [0, 0.05) is 18.1 Å². The van der Waals surface area contributed by atoms with Crippen LogP contribution in [-0.4, -0.2) is 32.7 Å². The zero-order chi connectivity index (χ0) is 14.8. The first kappa shape index (κ1) is 15.3. The first-order chi connectivity index (χ1) is 9.35. The Labute approximate surface area is 124 Å². The molecule has 2 aromatic rings. The Morgan fingerprint density at radius 1 is 1.25 bits per heavy atom. The molecular formula is C14H17ClN2O2S. The van der Waals surface area contributed by atoms with Gasteiger partial charge >= 0.3 is 0 Å². The van der Waals surface area contributed by atoms with Crippen LogP contribution in [0.4, 0.5) is 0 Å². The lowest BCUT2D eigenvalue weighted by Gasteiger charge is -2.17. The summed E-state index contributed by atoms with van der Waals surface area (Å²) in [5, 5.41) is 7.90. The van der Waals surface area contributed by atoms with Crippen LogP contribution in [0.2, 0.25) is 5.02 Å². The molecule has 108 valence electrons. The highest BCUT2D eigenvalue weighted by Gasteiger charge is 2.09. The molecule has 0 saturated carbocycles. The molecule has 6 heteroatoms. The van der Waals surface area contributed by atoms with Crippen molar-refractivity contribution in [1.29, 1.82) is 0 Å². The van der Waals surface area contributed by atoms with Crippen molar-refractivity contribution < 1.29 is 8.42 Å². The molecular weight excluding hydrogens is 296 g/mol. The van der Waals surface area contributed by atoms with Crippen LogP contribution in [0, 0.1) is 0 Å². The van der Waals surface area contributed by atoms with Gasteiger partial charge in [0.25, 0.3) is 0 Å². The number of sulfonamides is 1. The molecule has 0 unspecified atom stereocenters. The molecule has 0 aliphatic carbocycles. The van der Waals surface area contributed by atoms with Gasteiger partial charge in [-0.05, 0) is 35.5 Å². The monoisotopic (exact) mass is 312 g/mol. The van der Waals surface area contributed by atoms with E-state index in [0.29, 0.717) is 18.1 Å². The van der Waals surface area contributed by atoms with E-state index < -0.39 is 10.0 Å². The van der Waals surface area contributed by atoms with Crippen LogP contribution in [0.5, 0.6) is 0 Å². The maximum absolute atomic E-state index is 11.0. The quantitative estimate of drug-likeness (QED) is 0.920. The lowest BCUT2D eigenvalue weighted by atomic mass is 10.0. The fraction of sp³-hybridized carbons (Fsp3) is 0.286. The second-order valence-electron chi connectivity index (χ2n) is 4.89. The van der Waals surface area contributed by atoms with Crippen LogP contribution in [0.15, 0.2) is 36.4 Å². The normalized spacial score (nSPS) is 12.2. The van der Waals surface area contributed by atoms with Crippen LogP contribution >= 0.6 is 11.6 Å². The van der Waals surface area contributed by atoms with Crippen molar-refractivity contribution in [2.45, 2.75) is 6.54 Å². The van der Waals surface area contributed by atoms with Crippen molar-refractivity contribution in [1.82, 2.24) is 4.90 Å². The number of primary sulfonamides is 1. The summed E-state index contributed by atoms with van der Waals surface area (Å²) >= 11 is 6.12. The van der Waals surface area contributed by atoms with Crippen LogP contribution in [-0.2, 0) is 16.6 Å². The largest absolute Gasteiger partial charge is 0.301 e. The van der Waals surface area contributed by atoms with E-state index in [-0.39, 0.29) is 5.75 Å². The van der Waals surface area contributed by atoms with Gasteiger partial charge in [0.1, 0.15) is 0 Å². The fourth-order valence-corrected chi connectivity index (χ4v) is 2.95. The third-order valence-corrected chi connectivity index (χ3v) is 4.08. The number of nitrogens with two attached hydrogens (primary N) is 1. The zero-order valence-electron chi connectivity index (χ0n) is 11.2. The van der Waals surface area contributed by atoms with Gasteiger partial charge in [0.05, 0.1) is 5.75 Å². The molecule has 2 rings (SSSR count). The number of hydrogen-bond acceptors (Lipinski definition) is 3. The Bertz CT molecular complexity index is 716. The number of hydrogen-bond donors (Lipinski definition) is 1. The molecule has 0 radical (unpaired) electrons. The Balaban J connectivity index is 2.21. The molecule has 20 heavy (non-hydrogen) atoms. The molecule has 0 atom stereocenters. The molecule has 0 spiro atoms. The fourth-order valence-electron chi connectivity index (χ4n) is 2.13. The van der Waals surface area contributed by atoms with Gasteiger partial charge < -0.3 is 4.90 Å². The Morgan fingerprint density at radius 3 is 2.65 bits per heavy atom. The molecule has 0 fully saturated rings. The van der Waals surface area contributed by atoms with Crippen molar-refractivity contribution in [2.75, 3.05) is 19.3 Å². The highest BCUT2D eigenvalue weighted by Crippen LogP contribution is 2.24. The summed E-state index contributed by atoms with van der Waals surface area (Å²) in [7, 11) is -1.57. The van der Waals surface area contributed by atoms with E-state index in [0.717, 1.165) is 16.3 Å². The number of halogens is 1. The smallest absolute Gasteiger partial charge is 0.210 e.